The van der Waals surface area contributed by atoms with Crippen molar-refractivity contribution in [3.63, 3.8) is 0 Å². The van der Waals surface area contributed by atoms with Gasteiger partial charge in [-0.3, -0.25) is 9.59 Å². The third kappa shape index (κ3) is 3.41. The lowest BCUT2D eigenvalue weighted by molar-refractivity contribution is -0.141. The van der Waals surface area contributed by atoms with E-state index in [0.29, 0.717) is 5.56 Å². The van der Waals surface area contributed by atoms with Gasteiger partial charge in [-0.25, -0.2) is 0 Å². The number of ketones is 1. The Morgan fingerprint density at radius 2 is 1.94 bits per heavy atom. The fourth-order valence-corrected chi connectivity index (χ4v) is 1.69. The van der Waals surface area contributed by atoms with Crippen LogP contribution in [0.1, 0.15) is 34.8 Å². The molecule has 0 aromatic heterocycles. The van der Waals surface area contributed by atoms with Gasteiger partial charge in [-0.15, -0.1) is 0 Å². The summed E-state index contributed by atoms with van der Waals surface area (Å²) in [6.07, 6.45) is 0.128. The Bertz CT molecular complexity index is 435. The van der Waals surface area contributed by atoms with E-state index < -0.39 is 0 Å². The van der Waals surface area contributed by atoms with Crippen LogP contribution in [-0.2, 0) is 9.53 Å². The average Bonchev–Trinajstić information content (AvgIpc) is 2.31. The molecule has 0 bridgehead atoms. The second-order valence-corrected chi connectivity index (χ2v) is 4.36. The molecular weight excluding hydrogens is 216 g/mol. The summed E-state index contributed by atoms with van der Waals surface area (Å²) in [5, 5.41) is 0. The zero-order valence-corrected chi connectivity index (χ0v) is 10.7. The minimum atomic E-state index is -0.351. The van der Waals surface area contributed by atoms with Crippen molar-refractivity contribution < 1.29 is 14.3 Å². The van der Waals surface area contributed by atoms with Crippen LogP contribution < -0.4 is 0 Å². The summed E-state index contributed by atoms with van der Waals surface area (Å²) < 4.78 is 4.57. The Morgan fingerprint density at radius 3 is 2.53 bits per heavy atom. The minimum absolute atomic E-state index is 0.00315. The van der Waals surface area contributed by atoms with Crippen LogP contribution in [0.4, 0.5) is 0 Å². The van der Waals surface area contributed by atoms with Crippen LogP contribution in [-0.4, -0.2) is 18.9 Å². The molecule has 0 aliphatic rings. The van der Waals surface area contributed by atoms with E-state index in [0.717, 1.165) is 11.1 Å². The van der Waals surface area contributed by atoms with Gasteiger partial charge < -0.3 is 4.74 Å². The Balaban J connectivity index is 2.88. The number of esters is 1. The SMILES string of the molecule is COC(=O)CC(C)C(=O)c1cc(C)ccc1C. The molecule has 0 saturated heterocycles. The highest BCUT2D eigenvalue weighted by molar-refractivity contribution is 6.00. The molecule has 0 aliphatic carbocycles. The van der Waals surface area contributed by atoms with E-state index in [1.807, 2.05) is 32.0 Å². The van der Waals surface area contributed by atoms with Crippen molar-refractivity contribution in [1.82, 2.24) is 0 Å². The number of Topliss-reactive ketones (excluding diaryl/α,β-unsaturated/α-hetero) is 1. The molecule has 0 heterocycles. The third-order valence-corrected chi connectivity index (χ3v) is 2.81. The van der Waals surface area contributed by atoms with E-state index in [-0.39, 0.29) is 24.1 Å². The van der Waals surface area contributed by atoms with Gasteiger partial charge in [0.1, 0.15) is 0 Å². The standard InChI is InChI=1S/C14H18O3/c1-9-5-6-10(2)12(7-9)14(16)11(3)8-13(15)17-4/h5-7,11H,8H2,1-4H3. The van der Waals surface area contributed by atoms with Gasteiger partial charge in [0.25, 0.3) is 0 Å². The predicted molar refractivity (Wildman–Crippen MR) is 66.0 cm³/mol. The van der Waals surface area contributed by atoms with Crippen LogP contribution in [0.15, 0.2) is 18.2 Å². The van der Waals surface area contributed by atoms with Gasteiger partial charge in [0, 0.05) is 11.5 Å². The Hall–Kier alpha value is -1.64. The van der Waals surface area contributed by atoms with Crippen molar-refractivity contribution in [2.75, 3.05) is 7.11 Å². The van der Waals surface area contributed by atoms with Crippen molar-refractivity contribution in [3.8, 4) is 0 Å². The molecule has 1 unspecified atom stereocenters. The Labute approximate surface area is 102 Å². The summed E-state index contributed by atoms with van der Waals surface area (Å²) in [7, 11) is 1.33. The van der Waals surface area contributed by atoms with Crippen molar-refractivity contribution in [1.29, 1.82) is 0 Å². The molecule has 1 aromatic carbocycles. The normalized spacial score (nSPS) is 12.0. The van der Waals surface area contributed by atoms with E-state index >= 15 is 0 Å². The summed E-state index contributed by atoms with van der Waals surface area (Å²) in [4.78, 5) is 23.3. The predicted octanol–water partition coefficient (Wildman–Crippen LogP) is 2.69. The lowest BCUT2D eigenvalue weighted by Crippen LogP contribution is -2.17. The average molecular weight is 234 g/mol. The second kappa shape index (κ2) is 5.62. The highest BCUT2D eigenvalue weighted by Gasteiger charge is 2.20. The first-order valence-corrected chi connectivity index (χ1v) is 5.64. The van der Waals surface area contributed by atoms with Gasteiger partial charge in [0.05, 0.1) is 13.5 Å². The molecule has 0 spiro atoms. The number of carbonyl (C=O) groups excluding carboxylic acids is 2. The smallest absolute Gasteiger partial charge is 0.306 e. The van der Waals surface area contributed by atoms with E-state index in [9.17, 15) is 9.59 Å². The van der Waals surface area contributed by atoms with Crippen LogP contribution in [0.2, 0.25) is 0 Å². The number of hydrogen-bond acceptors (Lipinski definition) is 3. The molecule has 0 fully saturated rings. The molecule has 92 valence electrons. The van der Waals surface area contributed by atoms with Crippen molar-refractivity contribution in [3.05, 3.63) is 34.9 Å². The first kappa shape index (κ1) is 13.4. The first-order valence-electron chi connectivity index (χ1n) is 5.64. The highest BCUT2D eigenvalue weighted by atomic mass is 16.5. The molecule has 0 amide bonds. The van der Waals surface area contributed by atoms with Crippen LogP contribution in [0.25, 0.3) is 0 Å². The van der Waals surface area contributed by atoms with Crippen molar-refractivity contribution >= 4 is 11.8 Å². The molecule has 0 saturated carbocycles. The van der Waals surface area contributed by atoms with Crippen molar-refractivity contribution in [2.45, 2.75) is 27.2 Å². The maximum absolute atomic E-state index is 12.2. The second-order valence-electron chi connectivity index (χ2n) is 4.36. The van der Waals surface area contributed by atoms with Gasteiger partial charge in [-0.05, 0) is 25.5 Å². The van der Waals surface area contributed by atoms with E-state index in [4.69, 9.17) is 0 Å². The summed E-state index contributed by atoms with van der Waals surface area (Å²) in [5.41, 5.74) is 2.68. The minimum Gasteiger partial charge on any atom is -0.469 e. The molecule has 17 heavy (non-hydrogen) atoms. The number of ether oxygens (including phenoxy) is 1. The van der Waals surface area contributed by atoms with E-state index in [2.05, 4.69) is 4.74 Å². The number of methoxy groups -OCH3 is 1. The maximum atomic E-state index is 12.2. The number of hydrogen-bond donors (Lipinski definition) is 0. The van der Waals surface area contributed by atoms with Gasteiger partial charge in [0.2, 0.25) is 0 Å². The molecule has 3 heteroatoms. The van der Waals surface area contributed by atoms with Crippen LogP contribution in [0.3, 0.4) is 0 Å². The largest absolute Gasteiger partial charge is 0.469 e. The number of aryl methyl sites for hydroxylation is 2. The maximum Gasteiger partial charge on any atom is 0.306 e. The summed E-state index contributed by atoms with van der Waals surface area (Å²) in [5.74, 6) is -0.698. The van der Waals surface area contributed by atoms with E-state index in [1.54, 1.807) is 6.92 Å². The molecular formula is C14H18O3. The summed E-state index contributed by atoms with van der Waals surface area (Å²) >= 11 is 0. The zero-order chi connectivity index (χ0) is 13.0. The molecule has 0 aliphatic heterocycles. The molecule has 1 atom stereocenters. The Morgan fingerprint density at radius 1 is 1.29 bits per heavy atom. The lowest BCUT2D eigenvalue weighted by Gasteiger charge is -2.11. The number of benzene rings is 1. The summed E-state index contributed by atoms with van der Waals surface area (Å²) in [6.45, 7) is 5.60. The van der Waals surface area contributed by atoms with E-state index in [1.165, 1.54) is 7.11 Å². The number of rotatable bonds is 4. The molecule has 3 nitrogen and oxygen atoms in total. The fraction of sp³-hybridized carbons (Fsp3) is 0.429. The van der Waals surface area contributed by atoms with Gasteiger partial charge in [-0.1, -0.05) is 24.6 Å². The quantitative estimate of drug-likeness (QED) is 0.594. The monoisotopic (exact) mass is 234 g/mol. The number of carbonyl (C=O) groups is 2. The highest BCUT2D eigenvalue weighted by Crippen LogP contribution is 2.17. The van der Waals surface area contributed by atoms with Crippen LogP contribution in [0.5, 0.6) is 0 Å². The third-order valence-electron chi connectivity index (χ3n) is 2.81. The van der Waals surface area contributed by atoms with Gasteiger partial charge in [0.15, 0.2) is 5.78 Å². The lowest BCUT2D eigenvalue weighted by atomic mass is 9.92. The fourth-order valence-electron chi connectivity index (χ4n) is 1.69. The first-order chi connectivity index (χ1) is 7.95. The van der Waals surface area contributed by atoms with Gasteiger partial charge >= 0.3 is 5.97 Å². The van der Waals surface area contributed by atoms with Crippen LogP contribution in [0, 0.1) is 19.8 Å². The molecule has 1 rings (SSSR count). The van der Waals surface area contributed by atoms with Crippen molar-refractivity contribution in [2.24, 2.45) is 5.92 Å². The molecule has 0 radical (unpaired) electrons. The topological polar surface area (TPSA) is 43.4 Å². The molecule has 1 aromatic rings. The van der Waals surface area contributed by atoms with Gasteiger partial charge in [-0.2, -0.15) is 0 Å². The zero-order valence-electron chi connectivity index (χ0n) is 10.7. The molecule has 0 N–H and O–H groups in total. The van der Waals surface area contributed by atoms with Crippen LogP contribution >= 0.6 is 0 Å². The Kier molecular flexibility index (Phi) is 4.44. The summed E-state index contributed by atoms with van der Waals surface area (Å²) in [6, 6.07) is 5.76.